The van der Waals surface area contributed by atoms with Gasteiger partial charge < -0.3 is 9.84 Å². The fraction of sp³-hybridized carbons (Fsp3) is 0.308. The third kappa shape index (κ3) is 3.77. The van der Waals surface area contributed by atoms with Crippen molar-refractivity contribution in [3.05, 3.63) is 35.4 Å². The maximum atomic E-state index is 10.4. The SMILES string of the molecule is CCCOc1ccc(C=CC(=O)O)c(C)c1. The van der Waals surface area contributed by atoms with E-state index in [9.17, 15) is 4.79 Å². The quantitative estimate of drug-likeness (QED) is 0.776. The van der Waals surface area contributed by atoms with Gasteiger partial charge in [-0.2, -0.15) is 0 Å². The van der Waals surface area contributed by atoms with Crippen molar-refractivity contribution in [1.29, 1.82) is 0 Å². The van der Waals surface area contributed by atoms with Crippen molar-refractivity contribution in [2.75, 3.05) is 6.61 Å². The van der Waals surface area contributed by atoms with Gasteiger partial charge in [0, 0.05) is 6.08 Å². The third-order valence-corrected chi connectivity index (χ3v) is 2.12. The highest BCUT2D eigenvalue weighted by Gasteiger charge is 1.98. The largest absolute Gasteiger partial charge is 0.494 e. The Kier molecular flexibility index (Phi) is 4.58. The van der Waals surface area contributed by atoms with Gasteiger partial charge in [0.25, 0.3) is 0 Å². The summed E-state index contributed by atoms with van der Waals surface area (Å²) in [6.07, 6.45) is 3.69. The molecule has 0 heterocycles. The van der Waals surface area contributed by atoms with Gasteiger partial charge in [-0.1, -0.05) is 13.0 Å². The fourth-order valence-electron chi connectivity index (χ4n) is 1.31. The average Bonchev–Trinajstić information content (AvgIpc) is 2.24. The number of ether oxygens (including phenoxy) is 1. The first-order chi connectivity index (χ1) is 7.63. The first-order valence-electron chi connectivity index (χ1n) is 5.28. The molecular weight excluding hydrogens is 204 g/mol. The summed E-state index contributed by atoms with van der Waals surface area (Å²) >= 11 is 0. The van der Waals surface area contributed by atoms with E-state index in [0.717, 1.165) is 29.4 Å². The summed E-state index contributed by atoms with van der Waals surface area (Å²) in [4.78, 5) is 10.4. The second-order valence-corrected chi connectivity index (χ2v) is 3.54. The molecule has 0 aliphatic carbocycles. The van der Waals surface area contributed by atoms with E-state index in [0.29, 0.717) is 6.61 Å². The Labute approximate surface area is 95.4 Å². The van der Waals surface area contributed by atoms with E-state index in [4.69, 9.17) is 9.84 Å². The van der Waals surface area contributed by atoms with E-state index in [1.54, 1.807) is 6.08 Å². The van der Waals surface area contributed by atoms with Gasteiger partial charge in [0.2, 0.25) is 0 Å². The van der Waals surface area contributed by atoms with Crippen LogP contribution in [-0.4, -0.2) is 17.7 Å². The zero-order valence-electron chi connectivity index (χ0n) is 9.56. The van der Waals surface area contributed by atoms with Gasteiger partial charge in [0.15, 0.2) is 0 Å². The summed E-state index contributed by atoms with van der Waals surface area (Å²) in [6, 6.07) is 5.63. The van der Waals surface area contributed by atoms with Gasteiger partial charge in [0.05, 0.1) is 6.61 Å². The van der Waals surface area contributed by atoms with E-state index < -0.39 is 5.97 Å². The minimum Gasteiger partial charge on any atom is -0.494 e. The number of aliphatic carboxylic acids is 1. The molecule has 3 heteroatoms. The van der Waals surface area contributed by atoms with Crippen LogP contribution in [0.25, 0.3) is 6.08 Å². The van der Waals surface area contributed by atoms with Gasteiger partial charge in [-0.25, -0.2) is 4.79 Å². The minimum absolute atomic E-state index is 0.698. The molecule has 1 aromatic rings. The number of aryl methyl sites for hydroxylation is 1. The minimum atomic E-state index is -0.939. The second kappa shape index (κ2) is 5.95. The normalized spacial score (nSPS) is 10.6. The lowest BCUT2D eigenvalue weighted by molar-refractivity contribution is -0.131. The summed E-state index contributed by atoms with van der Waals surface area (Å²) in [5, 5.41) is 8.52. The predicted octanol–water partition coefficient (Wildman–Crippen LogP) is 2.88. The summed E-state index contributed by atoms with van der Waals surface area (Å²) in [5.74, 6) is -0.113. The Hall–Kier alpha value is -1.77. The predicted molar refractivity (Wildman–Crippen MR) is 63.6 cm³/mol. The van der Waals surface area contributed by atoms with Crippen LogP contribution in [0.2, 0.25) is 0 Å². The van der Waals surface area contributed by atoms with Crippen LogP contribution >= 0.6 is 0 Å². The molecule has 0 spiro atoms. The summed E-state index contributed by atoms with van der Waals surface area (Å²) in [7, 11) is 0. The van der Waals surface area contributed by atoms with E-state index in [2.05, 4.69) is 6.92 Å². The molecule has 3 nitrogen and oxygen atoms in total. The van der Waals surface area contributed by atoms with E-state index in [1.165, 1.54) is 0 Å². The molecule has 0 radical (unpaired) electrons. The third-order valence-electron chi connectivity index (χ3n) is 2.12. The zero-order valence-corrected chi connectivity index (χ0v) is 9.56. The Morgan fingerprint density at radius 3 is 2.81 bits per heavy atom. The second-order valence-electron chi connectivity index (χ2n) is 3.54. The molecule has 0 bridgehead atoms. The first kappa shape index (κ1) is 12.3. The monoisotopic (exact) mass is 220 g/mol. The van der Waals surface area contributed by atoms with Crippen LogP contribution in [0, 0.1) is 6.92 Å². The molecule has 0 aliphatic rings. The molecule has 0 aliphatic heterocycles. The van der Waals surface area contributed by atoms with Gasteiger partial charge in [-0.3, -0.25) is 0 Å². The van der Waals surface area contributed by atoms with Crippen molar-refractivity contribution in [2.24, 2.45) is 0 Å². The van der Waals surface area contributed by atoms with Crippen LogP contribution in [0.5, 0.6) is 5.75 Å². The van der Waals surface area contributed by atoms with Crippen molar-refractivity contribution in [3.8, 4) is 5.75 Å². The van der Waals surface area contributed by atoms with Crippen LogP contribution in [0.4, 0.5) is 0 Å². The standard InChI is InChI=1S/C13H16O3/c1-3-8-16-12-6-4-11(10(2)9-12)5-7-13(14)15/h4-7,9H,3,8H2,1-2H3,(H,14,15). The summed E-state index contributed by atoms with van der Waals surface area (Å²) < 4.78 is 5.48. The number of benzene rings is 1. The number of hydrogen-bond acceptors (Lipinski definition) is 2. The molecule has 86 valence electrons. The highest BCUT2D eigenvalue weighted by Crippen LogP contribution is 2.18. The Bertz CT molecular complexity index is 394. The van der Waals surface area contributed by atoms with Crippen LogP contribution in [0.3, 0.4) is 0 Å². The van der Waals surface area contributed by atoms with Gasteiger partial charge in [0.1, 0.15) is 5.75 Å². The lowest BCUT2D eigenvalue weighted by Crippen LogP contribution is -1.95. The van der Waals surface area contributed by atoms with Crippen LogP contribution < -0.4 is 4.74 Å². The lowest BCUT2D eigenvalue weighted by Gasteiger charge is -2.07. The summed E-state index contributed by atoms with van der Waals surface area (Å²) in [5.41, 5.74) is 1.90. The smallest absolute Gasteiger partial charge is 0.328 e. The van der Waals surface area contributed by atoms with Crippen molar-refractivity contribution in [3.63, 3.8) is 0 Å². The molecule has 0 amide bonds. The molecule has 0 atom stereocenters. The maximum Gasteiger partial charge on any atom is 0.328 e. The molecule has 0 saturated heterocycles. The fourth-order valence-corrected chi connectivity index (χ4v) is 1.31. The van der Waals surface area contributed by atoms with Crippen molar-refractivity contribution in [1.82, 2.24) is 0 Å². The molecule has 0 unspecified atom stereocenters. The average molecular weight is 220 g/mol. The molecule has 1 aromatic carbocycles. The number of carbonyl (C=O) groups is 1. The van der Waals surface area contributed by atoms with E-state index in [-0.39, 0.29) is 0 Å². The Balaban J connectivity index is 2.79. The van der Waals surface area contributed by atoms with Crippen LogP contribution in [0.15, 0.2) is 24.3 Å². The number of rotatable bonds is 5. The number of carboxylic acid groups (broad SMARTS) is 1. The molecule has 0 saturated carbocycles. The molecular formula is C13H16O3. The number of carboxylic acids is 1. The maximum absolute atomic E-state index is 10.4. The van der Waals surface area contributed by atoms with Gasteiger partial charge >= 0.3 is 5.97 Å². The highest BCUT2D eigenvalue weighted by atomic mass is 16.5. The van der Waals surface area contributed by atoms with Gasteiger partial charge in [-0.05, 0) is 42.7 Å². The zero-order chi connectivity index (χ0) is 12.0. The summed E-state index contributed by atoms with van der Waals surface area (Å²) in [6.45, 7) is 4.68. The highest BCUT2D eigenvalue weighted by molar-refractivity contribution is 5.85. The number of hydrogen-bond donors (Lipinski definition) is 1. The Morgan fingerprint density at radius 1 is 1.50 bits per heavy atom. The van der Waals surface area contributed by atoms with Crippen molar-refractivity contribution >= 4 is 12.0 Å². The van der Waals surface area contributed by atoms with Crippen molar-refractivity contribution < 1.29 is 14.6 Å². The molecule has 1 N–H and O–H groups in total. The van der Waals surface area contributed by atoms with E-state index >= 15 is 0 Å². The lowest BCUT2D eigenvalue weighted by atomic mass is 10.1. The van der Waals surface area contributed by atoms with E-state index in [1.807, 2.05) is 25.1 Å². The molecule has 16 heavy (non-hydrogen) atoms. The van der Waals surface area contributed by atoms with Crippen LogP contribution in [-0.2, 0) is 4.79 Å². The molecule has 0 aromatic heterocycles. The first-order valence-corrected chi connectivity index (χ1v) is 5.28. The van der Waals surface area contributed by atoms with Crippen LogP contribution in [0.1, 0.15) is 24.5 Å². The molecule has 0 fully saturated rings. The Morgan fingerprint density at radius 2 is 2.25 bits per heavy atom. The van der Waals surface area contributed by atoms with Gasteiger partial charge in [-0.15, -0.1) is 0 Å². The topological polar surface area (TPSA) is 46.5 Å². The molecule has 1 rings (SSSR count). The van der Waals surface area contributed by atoms with Crippen molar-refractivity contribution in [2.45, 2.75) is 20.3 Å².